The monoisotopic (exact) mass is 365 g/mol. The summed E-state index contributed by atoms with van der Waals surface area (Å²) in [5.74, 6) is 1.47. The third-order valence-corrected chi connectivity index (χ3v) is 5.03. The van der Waals surface area contributed by atoms with Crippen molar-refractivity contribution in [2.45, 2.75) is 45.1 Å². The van der Waals surface area contributed by atoms with Crippen molar-refractivity contribution in [3.8, 4) is 11.5 Å². The van der Waals surface area contributed by atoms with Crippen molar-refractivity contribution < 1.29 is 9.47 Å². The van der Waals surface area contributed by atoms with Gasteiger partial charge in [-0.05, 0) is 56.6 Å². The van der Waals surface area contributed by atoms with Crippen LogP contribution in [0.25, 0.3) is 0 Å². The molecule has 0 amide bonds. The number of methoxy groups -OCH3 is 2. The van der Waals surface area contributed by atoms with Gasteiger partial charge in [-0.3, -0.25) is 0 Å². The maximum Gasteiger partial charge on any atom is 0.170 e. The molecular formula is C19H31N3O2S. The predicted octanol–water partition coefficient (Wildman–Crippen LogP) is 3.64. The molecule has 1 aromatic carbocycles. The van der Waals surface area contributed by atoms with Gasteiger partial charge in [0.1, 0.15) is 11.5 Å². The van der Waals surface area contributed by atoms with Gasteiger partial charge in [0.25, 0.3) is 0 Å². The van der Waals surface area contributed by atoms with Gasteiger partial charge in [0.15, 0.2) is 5.11 Å². The third-order valence-electron chi connectivity index (χ3n) is 4.78. The Labute approximate surface area is 157 Å². The minimum atomic E-state index is 0.620. The lowest BCUT2D eigenvalue weighted by Gasteiger charge is -2.35. The summed E-state index contributed by atoms with van der Waals surface area (Å²) in [4.78, 5) is 2.63. The van der Waals surface area contributed by atoms with Crippen molar-refractivity contribution in [2.75, 3.05) is 39.2 Å². The molecule has 2 N–H and O–H groups in total. The van der Waals surface area contributed by atoms with Crippen molar-refractivity contribution in [3.63, 3.8) is 0 Å². The molecule has 2 rings (SSSR count). The van der Waals surface area contributed by atoms with E-state index in [-0.39, 0.29) is 0 Å². The molecule has 1 atom stereocenters. The lowest BCUT2D eigenvalue weighted by molar-refractivity contribution is 0.143. The van der Waals surface area contributed by atoms with Gasteiger partial charge in [0.05, 0.1) is 19.9 Å². The number of anilines is 1. The summed E-state index contributed by atoms with van der Waals surface area (Å²) in [6.45, 7) is 5.55. The minimum Gasteiger partial charge on any atom is -0.497 e. The van der Waals surface area contributed by atoms with Crippen LogP contribution in [0.3, 0.4) is 0 Å². The number of benzene rings is 1. The van der Waals surface area contributed by atoms with Crippen molar-refractivity contribution in [3.05, 3.63) is 18.2 Å². The van der Waals surface area contributed by atoms with E-state index in [1.807, 2.05) is 18.2 Å². The summed E-state index contributed by atoms with van der Waals surface area (Å²) in [5, 5.41) is 7.11. The fourth-order valence-electron chi connectivity index (χ4n) is 3.37. The highest BCUT2D eigenvalue weighted by atomic mass is 32.1. The van der Waals surface area contributed by atoms with Gasteiger partial charge in [0, 0.05) is 25.2 Å². The molecule has 1 fully saturated rings. The topological polar surface area (TPSA) is 45.8 Å². The normalized spacial score (nSPS) is 17.8. The van der Waals surface area contributed by atoms with E-state index < -0.39 is 0 Å². The predicted molar refractivity (Wildman–Crippen MR) is 108 cm³/mol. The zero-order valence-corrected chi connectivity index (χ0v) is 16.5. The molecule has 1 aromatic rings. The summed E-state index contributed by atoms with van der Waals surface area (Å²) in [5.41, 5.74) is 0.836. The summed E-state index contributed by atoms with van der Waals surface area (Å²) in [6.07, 6.45) is 6.41. The number of ether oxygens (including phenoxy) is 2. The van der Waals surface area contributed by atoms with Crippen LogP contribution in [0.15, 0.2) is 18.2 Å². The van der Waals surface area contributed by atoms with Gasteiger partial charge in [-0.1, -0.05) is 13.3 Å². The Bertz CT molecular complexity index is 553. The van der Waals surface area contributed by atoms with Crippen LogP contribution < -0.4 is 20.1 Å². The van der Waals surface area contributed by atoms with Crippen LogP contribution >= 0.6 is 12.2 Å². The Morgan fingerprint density at radius 1 is 1.28 bits per heavy atom. The Morgan fingerprint density at radius 2 is 2.12 bits per heavy atom. The second-order valence-electron chi connectivity index (χ2n) is 6.39. The Kier molecular flexibility index (Phi) is 8.28. The summed E-state index contributed by atoms with van der Waals surface area (Å²) < 4.78 is 10.6. The number of nitrogens with zero attached hydrogens (tertiary/aromatic N) is 1. The van der Waals surface area contributed by atoms with Gasteiger partial charge in [-0.15, -0.1) is 0 Å². The molecule has 1 heterocycles. The molecule has 6 heteroatoms. The highest BCUT2D eigenvalue weighted by Gasteiger charge is 2.19. The van der Waals surface area contributed by atoms with E-state index in [0.29, 0.717) is 10.9 Å². The molecule has 0 bridgehead atoms. The molecule has 1 unspecified atom stereocenters. The Hall–Kier alpha value is -1.53. The van der Waals surface area contributed by atoms with Crippen LogP contribution in [0.2, 0.25) is 0 Å². The molecule has 5 nitrogen and oxygen atoms in total. The number of hydrogen-bond donors (Lipinski definition) is 2. The summed E-state index contributed by atoms with van der Waals surface area (Å²) >= 11 is 5.40. The van der Waals surface area contributed by atoms with Gasteiger partial charge >= 0.3 is 0 Å². The number of piperidine rings is 1. The van der Waals surface area contributed by atoms with E-state index in [2.05, 4.69) is 22.5 Å². The molecular weight excluding hydrogens is 334 g/mol. The number of likely N-dealkylation sites (tertiary alicyclic amines) is 1. The molecule has 1 saturated heterocycles. The summed E-state index contributed by atoms with van der Waals surface area (Å²) in [7, 11) is 3.28. The first-order chi connectivity index (χ1) is 12.2. The van der Waals surface area contributed by atoms with Crippen LogP contribution in [-0.2, 0) is 0 Å². The molecule has 0 aromatic heterocycles. The SMILES string of the molecule is CCC1CCCCN1CCCNC(=S)Nc1ccc(OC)cc1OC. The average molecular weight is 366 g/mol. The summed E-state index contributed by atoms with van der Waals surface area (Å²) in [6, 6.07) is 6.40. The van der Waals surface area contributed by atoms with Crippen molar-refractivity contribution >= 4 is 23.0 Å². The number of rotatable bonds is 8. The molecule has 0 aliphatic carbocycles. The molecule has 1 aliphatic rings. The molecule has 0 saturated carbocycles. The van der Waals surface area contributed by atoms with Gasteiger partial charge in [-0.2, -0.15) is 0 Å². The van der Waals surface area contributed by atoms with Crippen molar-refractivity contribution in [1.29, 1.82) is 0 Å². The van der Waals surface area contributed by atoms with Crippen molar-refractivity contribution in [1.82, 2.24) is 10.2 Å². The van der Waals surface area contributed by atoms with E-state index >= 15 is 0 Å². The zero-order chi connectivity index (χ0) is 18.1. The van der Waals surface area contributed by atoms with Gasteiger partial charge in [-0.25, -0.2) is 0 Å². The Morgan fingerprint density at radius 3 is 2.84 bits per heavy atom. The van der Waals surface area contributed by atoms with Gasteiger partial charge < -0.3 is 25.0 Å². The lowest BCUT2D eigenvalue weighted by Crippen LogP contribution is -2.40. The smallest absolute Gasteiger partial charge is 0.170 e. The van der Waals surface area contributed by atoms with E-state index in [1.165, 1.54) is 32.2 Å². The molecule has 0 radical (unpaired) electrons. The highest BCUT2D eigenvalue weighted by molar-refractivity contribution is 7.80. The first kappa shape index (κ1) is 19.8. The van der Waals surface area contributed by atoms with Crippen LogP contribution in [0, 0.1) is 0 Å². The minimum absolute atomic E-state index is 0.620. The Balaban J connectivity index is 1.73. The molecule has 140 valence electrons. The molecule has 1 aliphatic heterocycles. The number of thiocarbonyl (C=S) groups is 1. The first-order valence-electron chi connectivity index (χ1n) is 9.18. The van der Waals surface area contributed by atoms with Crippen LogP contribution in [0.4, 0.5) is 5.69 Å². The number of hydrogen-bond acceptors (Lipinski definition) is 4. The zero-order valence-electron chi connectivity index (χ0n) is 15.6. The van der Waals surface area contributed by atoms with Gasteiger partial charge in [0.2, 0.25) is 0 Å². The standard InChI is InChI=1S/C19H31N3O2S/c1-4-15-8-5-6-12-22(15)13-7-11-20-19(25)21-17-10-9-16(23-2)14-18(17)24-3/h9-10,14-15H,4-8,11-13H2,1-3H3,(H2,20,21,25). The maximum atomic E-state index is 5.40. The number of nitrogens with one attached hydrogen (secondary N) is 2. The van der Waals surface area contributed by atoms with E-state index in [9.17, 15) is 0 Å². The second kappa shape index (κ2) is 10.5. The van der Waals surface area contributed by atoms with Crippen LogP contribution in [0.5, 0.6) is 11.5 Å². The van der Waals surface area contributed by atoms with Crippen LogP contribution in [-0.4, -0.2) is 49.9 Å². The average Bonchev–Trinajstić information content (AvgIpc) is 2.65. The largest absolute Gasteiger partial charge is 0.497 e. The molecule has 0 spiro atoms. The highest BCUT2D eigenvalue weighted by Crippen LogP contribution is 2.28. The quantitative estimate of drug-likeness (QED) is 0.542. The van der Waals surface area contributed by atoms with E-state index in [0.717, 1.165) is 37.0 Å². The maximum absolute atomic E-state index is 5.40. The van der Waals surface area contributed by atoms with E-state index in [1.54, 1.807) is 14.2 Å². The molecule has 25 heavy (non-hydrogen) atoms. The first-order valence-corrected chi connectivity index (χ1v) is 9.59. The second-order valence-corrected chi connectivity index (χ2v) is 6.80. The third kappa shape index (κ3) is 6.04. The van der Waals surface area contributed by atoms with Crippen LogP contribution in [0.1, 0.15) is 39.0 Å². The fourth-order valence-corrected chi connectivity index (χ4v) is 3.58. The lowest BCUT2D eigenvalue weighted by atomic mass is 10.00. The van der Waals surface area contributed by atoms with E-state index in [4.69, 9.17) is 21.7 Å². The van der Waals surface area contributed by atoms with Crippen molar-refractivity contribution in [2.24, 2.45) is 0 Å². The fraction of sp³-hybridized carbons (Fsp3) is 0.632.